The Hall–Kier alpha value is -5.27. The molecule has 1 heterocycles. The number of para-hydroxylation sites is 3. The van der Waals surface area contributed by atoms with Crippen molar-refractivity contribution >= 4 is 40.3 Å². The van der Waals surface area contributed by atoms with E-state index in [9.17, 15) is 4.79 Å². The molecule has 1 saturated heterocycles. The van der Waals surface area contributed by atoms with E-state index in [1.165, 1.54) is 11.8 Å². The van der Waals surface area contributed by atoms with Gasteiger partial charge in [0.1, 0.15) is 19.0 Å². The van der Waals surface area contributed by atoms with Crippen LogP contribution in [-0.4, -0.2) is 17.7 Å². The van der Waals surface area contributed by atoms with Crippen molar-refractivity contribution in [2.45, 2.75) is 20.1 Å². The number of aliphatic imine (C=N–C) groups is 1. The SMILES string of the molecule is CCOc1cc(COc2ccccc2/C=C2/SC(=Nc3ccccc3)N(c3ccccc3)C2=O)ccc1OCc1ccccc1. The molecule has 5 aromatic rings. The van der Waals surface area contributed by atoms with Gasteiger partial charge < -0.3 is 14.2 Å². The molecule has 1 fully saturated rings. The highest BCUT2D eigenvalue weighted by atomic mass is 32.2. The number of carbonyl (C=O) groups excluding carboxylic acids is 1. The Labute approximate surface area is 267 Å². The van der Waals surface area contributed by atoms with Crippen molar-refractivity contribution in [2.24, 2.45) is 4.99 Å². The number of ether oxygens (including phenoxy) is 3. The summed E-state index contributed by atoms with van der Waals surface area (Å²) in [4.78, 5) is 20.8. The third-order valence-electron chi connectivity index (χ3n) is 6.95. The van der Waals surface area contributed by atoms with Gasteiger partial charge in [0.2, 0.25) is 0 Å². The van der Waals surface area contributed by atoms with Crippen LogP contribution in [0.5, 0.6) is 17.2 Å². The first kappa shape index (κ1) is 29.8. The number of anilines is 1. The molecule has 0 saturated carbocycles. The Morgan fingerprint density at radius 1 is 0.667 bits per heavy atom. The van der Waals surface area contributed by atoms with Gasteiger partial charge in [-0.3, -0.25) is 9.69 Å². The first-order valence-corrected chi connectivity index (χ1v) is 15.6. The zero-order chi connectivity index (χ0) is 30.8. The van der Waals surface area contributed by atoms with Gasteiger partial charge in [-0.05, 0) is 78.4 Å². The van der Waals surface area contributed by atoms with Gasteiger partial charge in [0.15, 0.2) is 16.7 Å². The van der Waals surface area contributed by atoms with Gasteiger partial charge in [-0.1, -0.05) is 91.0 Å². The maximum atomic E-state index is 13.8. The molecule has 0 unspecified atom stereocenters. The lowest BCUT2D eigenvalue weighted by Crippen LogP contribution is -2.28. The van der Waals surface area contributed by atoms with E-state index in [4.69, 9.17) is 19.2 Å². The lowest BCUT2D eigenvalue weighted by atomic mass is 10.1. The summed E-state index contributed by atoms with van der Waals surface area (Å²) in [5.74, 6) is 1.88. The van der Waals surface area contributed by atoms with Crippen LogP contribution in [0, 0.1) is 0 Å². The molecule has 5 aromatic carbocycles. The Kier molecular flexibility index (Phi) is 9.58. The molecule has 0 radical (unpaired) electrons. The molecular weight excluding hydrogens is 580 g/mol. The fourth-order valence-corrected chi connectivity index (χ4v) is 5.76. The van der Waals surface area contributed by atoms with Crippen LogP contribution in [0.3, 0.4) is 0 Å². The molecule has 0 atom stereocenters. The van der Waals surface area contributed by atoms with E-state index in [2.05, 4.69) is 0 Å². The summed E-state index contributed by atoms with van der Waals surface area (Å²) in [6.07, 6.45) is 1.87. The summed E-state index contributed by atoms with van der Waals surface area (Å²) in [5.41, 5.74) is 4.37. The van der Waals surface area contributed by atoms with Gasteiger partial charge in [-0.15, -0.1) is 0 Å². The number of amidine groups is 1. The zero-order valence-corrected chi connectivity index (χ0v) is 25.7. The van der Waals surface area contributed by atoms with Crippen molar-refractivity contribution in [3.05, 3.63) is 155 Å². The standard InChI is InChI=1S/C38H32N2O4S/c1-2-42-35-24-29(22-23-34(35)44-26-28-14-6-3-7-15-28)27-43-33-21-13-12-16-30(33)25-36-37(41)40(32-19-10-5-11-20-32)38(45-36)39-31-17-8-4-9-18-31/h3-25H,2,26-27H2,1H3/b36-25+,39-38?. The largest absolute Gasteiger partial charge is 0.490 e. The molecule has 0 aromatic heterocycles. The van der Waals surface area contributed by atoms with Crippen LogP contribution < -0.4 is 19.1 Å². The van der Waals surface area contributed by atoms with Gasteiger partial charge in [0, 0.05) is 5.56 Å². The summed E-state index contributed by atoms with van der Waals surface area (Å²) in [6.45, 7) is 3.24. The topological polar surface area (TPSA) is 60.4 Å². The lowest BCUT2D eigenvalue weighted by Gasteiger charge is -2.15. The molecule has 7 heteroatoms. The number of hydrogen-bond acceptors (Lipinski definition) is 6. The van der Waals surface area contributed by atoms with Crippen LogP contribution in [0.4, 0.5) is 11.4 Å². The highest BCUT2D eigenvalue weighted by Gasteiger charge is 2.35. The van der Waals surface area contributed by atoms with Gasteiger partial charge in [-0.2, -0.15) is 0 Å². The molecule has 6 nitrogen and oxygen atoms in total. The van der Waals surface area contributed by atoms with Crippen LogP contribution in [0.2, 0.25) is 0 Å². The predicted octanol–water partition coefficient (Wildman–Crippen LogP) is 9.05. The summed E-state index contributed by atoms with van der Waals surface area (Å²) in [5, 5.41) is 0.597. The molecule has 1 aliphatic heterocycles. The number of hydrogen-bond donors (Lipinski definition) is 0. The van der Waals surface area contributed by atoms with Crippen LogP contribution in [-0.2, 0) is 18.0 Å². The van der Waals surface area contributed by atoms with E-state index in [0.717, 1.165) is 28.1 Å². The number of amides is 1. The third kappa shape index (κ3) is 7.45. The number of rotatable bonds is 11. The van der Waals surface area contributed by atoms with Crippen LogP contribution in [0.15, 0.2) is 143 Å². The van der Waals surface area contributed by atoms with Crippen LogP contribution in [0.1, 0.15) is 23.6 Å². The summed E-state index contributed by atoms with van der Waals surface area (Å²) >= 11 is 1.35. The Morgan fingerprint density at radius 3 is 2.07 bits per heavy atom. The van der Waals surface area contributed by atoms with Crippen molar-refractivity contribution in [1.82, 2.24) is 0 Å². The van der Waals surface area contributed by atoms with Gasteiger partial charge in [0.25, 0.3) is 5.91 Å². The molecular formula is C38H32N2O4S. The number of benzene rings is 5. The zero-order valence-electron chi connectivity index (χ0n) is 24.8. The molecule has 0 spiro atoms. The monoisotopic (exact) mass is 612 g/mol. The Bertz CT molecular complexity index is 1810. The van der Waals surface area contributed by atoms with E-state index < -0.39 is 0 Å². The lowest BCUT2D eigenvalue weighted by molar-refractivity contribution is -0.113. The summed E-state index contributed by atoms with van der Waals surface area (Å²) in [6, 6.07) is 42.8. The Balaban J connectivity index is 1.22. The van der Waals surface area contributed by atoms with Gasteiger partial charge >= 0.3 is 0 Å². The average Bonchev–Trinajstić information content (AvgIpc) is 3.38. The van der Waals surface area contributed by atoms with Gasteiger partial charge in [0.05, 0.1) is 22.9 Å². The second-order valence-electron chi connectivity index (χ2n) is 10.1. The van der Waals surface area contributed by atoms with E-state index in [1.54, 1.807) is 4.90 Å². The first-order valence-electron chi connectivity index (χ1n) is 14.7. The van der Waals surface area contributed by atoms with Crippen molar-refractivity contribution in [1.29, 1.82) is 0 Å². The van der Waals surface area contributed by atoms with Crippen LogP contribution in [0.25, 0.3) is 6.08 Å². The minimum absolute atomic E-state index is 0.136. The predicted molar refractivity (Wildman–Crippen MR) is 182 cm³/mol. The van der Waals surface area contributed by atoms with E-state index in [-0.39, 0.29) is 5.91 Å². The average molecular weight is 613 g/mol. The van der Waals surface area contributed by atoms with E-state index in [0.29, 0.717) is 47.1 Å². The minimum Gasteiger partial charge on any atom is -0.490 e. The number of nitrogens with zero attached hydrogens (tertiary/aromatic N) is 2. The molecule has 224 valence electrons. The third-order valence-corrected chi connectivity index (χ3v) is 7.92. The highest BCUT2D eigenvalue weighted by molar-refractivity contribution is 8.19. The number of carbonyl (C=O) groups is 1. The van der Waals surface area contributed by atoms with Crippen molar-refractivity contribution < 1.29 is 19.0 Å². The molecule has 0 aliphatic carbocycles. The Morgan fingerprint density at radius 2 is 1.31 bits per heavy atom. The minimum atomic E-state index is -0.136. The summed E-state index contributed by atoms with van der Waals surface area (Å²) in [7, 11) is 0. The van der Waals surface area contributed by atoms with Crippen molar-refractivity contribution in [3.8, 4) is 17.2 Å². The normalized spacial score (nSPS) is 14.6. The first-order chi connectivity index (χ1) is 22.2. The maximum Gasteiger partial charge on any atom is 0.271 e. The fraction of sp³-hybridized carbons (Fsp3) is 0.105. The summed E-state index contributed by atoms with van der Waals surface area (Å²) < 4.78 is 18.3. The van der Waals surface area contributed by atoms with Crippen molar-refractivity contribution in [3.63, 3.8) is 0 Å². The van der Waals surface area contributed by atoms with E-state index in [1.807, 2.05) is 146 Å². The molecule has 0 bridgehead atoms. The highest BCUT2D eigenvalue weighted by Crippen LogP contribution is 2.38. The molecule has 0 N–H and O–H groups in total. The second-order valence-corrected chi connectivity index (χ2v) is 11.1. The van der Waals surface area contributed by atoms with Crippen LogP contribution >= 0.6 is 11.8 Å². The smallest absolute Gasteiger partial charge is 0.271 e. The second kappa shape index (κ2) is 14.5. The fourth-order valence-electron chi connectivity index (χ4n) is 4.77. The maximum absolute atomic E-state index is 13.8. The molecule has 1 amide bonds. The molecule has 45 heavy (non-hydrogen) atoms. The van der Waals surface area contributed by atoms with Gasteiger partial charge in [-0.25, -0.2) is 4.99 Å². The number of thioether (sulfide) groups is 1. The van der Waals surface area contributed by atoms with E-state index >= 15 is 0 Å². The molecule has 1 aliphatic rings. The van der Waals surface area contributed by atoms with Crippen molar-refractivity contribution in [2.75, 3.05) is 11.5 Å². The quantitative estimate of drug-likeness (QED) is 0.139. The molecule has 6 rings (SSSR count).